The van der Waals surface area contributed by atoms with Gasteiger partial charge in [0.05, 0.1) is 12.7 Å². The van der Waals surface area contributed by atoms with Crippen molar-refractivity contribution in [2.24, 2.45) is 23.2 Å². The third-order valence-electron chi connectivity index (χ3n) is 2.55. The Morgan fingerprint density at radius 1 is 1.00 bits per heavy atom. The molecule has 124 valence electrons. The number of hydrogen-bond donors (Lipinski definition) is 4. The fraction of sp³-hybridized carbons (Fsp3) is 0.818. The summed E-state index contributed by atoms with van der Waals surface area (Å²) in [7, 11) is 0. The lowest BCUT2D eigenvalue weighted by Crippen LogP contribution is -2.42. The fourth-order valence-corrected chi connectivity index (χ4v) is 1.37. The Bertz CT molecular complexity index is 317. The van der Waals surface area contributed by atoms with Gasteiger partial charge in [0.25, 0.3) is 0 Å². The molecule has 0 aliphatic heterocycles. The number of carbonyl (C=O) groups is 2. The normalized spacial score (nSPS) is 12.0. The molecular formula is C11H26N6O4. The summed E-state index contributed by atoms with van der Waals surface area (Å²) in [4.78, 5) is 21.3. The average Bonchev–Trinajstić information content (AvgIpc) is 2.42. The van der Waals surface area contributed by atoms with Gasteiger partial charge < -0.3 is 20.9 Å². The van der Waals surface area contributed by atoms with Crippen LogP contribution in [0.2, 0.25) is 0 Å². The minimum Gasteiger partial charge on any atom is -0.379 e. The van der Waals surface area contributed by atoms with Gasteiger partial charge in [0.1, 0.15) is 0 Å². The predicted octanol–water partition coefficient (Wildman–Crippen LogP) is -1.30. The van der Waals surface area contributed by atoms with E-state index in [1.54, 1.807) is 0 Å². The van der Waals surface area contributed by atoms with Crippen LogP contribution in [0, 0.1) is 0 Å². The second-order valence-electron chi connectivity index (χ2n) is 4.53. The lowest BCUT2D eigenvalue weighted by molar-refractivity contribution is -0.00986. The van der Waals surface area contributed by atoms with Crippen molar-refractivity contribution in [3.8, 4) is 0 Å². The molecule has 10 nitrogen and oxygen atoms in total. The molecule has 0 aliphatic rings. The summed E-state index contributed by atoms with van der Waals surface area (Å²) < 4.78 is 10.8. The molecule has 0 aromatic rings. The first kappa shape index (κ1) is 19.4. The first-order valence-electron chi connectivity index (χ1n) is 6.67. The zero-order chi connectivity index (χ0) is 16.3. The van der Waals surface area contributed by atoms with Gasteiger partial charge in [-0.25, -0.2) is 21.3 Å². The molecule has 1 unspecified atom stereocenters. The van der Waals surface area contributed by atoms with Crippen LogP contribution in [0.3, 0.4) is 0 Å². The van der Waals surface area contributed by atoms with Gasteiger partial charge >= 0.3 is 12.1 Å². The van der Waals surface area contributed by atoms with E-state index in [9.17, 15) is 9.59 Å². The Morgan fingerprint density at radius 2 is 1.48 bits per heavy atom. The van der Waals surface area contributed by atoms with E-state index < -0.39 is 12.1 Å². The van der Waals surface area contributed by atoms with Gasteiger partial charge in [-0.1, -0.05) is 0 Å². The van der Waals surface area contributed by atoms with Crippen LogP contribution in [0.5, 0.6) is 0 Å². The minimum atomic E-state index is -0.670. The molecule has 4 amide bonds. The molecule has 21 heavy (non-hydrogen) atoms. The molecule has 10 heteroatoms. The number of primary amides is 2. The average molecular weight is 306 g/mol. The monoisotopic (exact) mass is 306 g/mol. The van der Waals surface area contributed by atoms with Crippen LogP contribution >= 0.6 is 0 Å². The lowest BCUT2D eigenvalue weighted by Gasteiger charge is -2.17. The summed E-state index contributed by atoms with van der Waals surface area (Å²) in [5, 5.41) is 1.86. The Hall–Kier alpha value is -1.62. The van der Waals surface area contributed by atoms with E-state index in [1.807, 2.05) is 6.92 Å². The van der Waals surface area contributed by atoms with E-state index in [2.05, 4.69) is 0 Å². The van der Waals surface area contributed by atoms with E-state index >= 15 is 0 Å². The summed E-state index contributed by atoms with van der Waals surface area (Å²) in [5.74, 6) is 10.6. The molecule has 0 saturated heterocycles. The Kier molecular flexibility index (Phi) is 10.2. The molecule has 0 aromatic heterocycles. The van der Waals surface area contributed by atoms with Crippen LogP contribution in [-0.4, -0.2) is 61.1 Å². The maximum Gasteiger partial charge on any atom is 0.328 e. The van der Waals surface area contributed by atoms with E-state index in [4.69, 9.17) is 32.6 Å². The van der Waals surface area contributed by atoms with Gasteiger partial charge in [-0.05, 0) is 19.8 Å². The van der Waals surface area contributed by atoms with Crippen LogP contribution in [-0.2, 0) is 9.47 Å². The first-order chi connectivity index (χ1) is 9.84. The molecule has 1 atom stereocenters. The van der Waals surface area contributed by atoms with Crippen LogP contribution in [0.15, 0.2) is 0 Å². The third-order valence-corrected chi connectivity index (χ3v) is 2.55. The molecule has 0 aliphatic carbocycles. The molecule has 0 heterocycles. The van der Waals surface area contributed by atoms with Gasteiger partial charge in [-0.2, -0.15) is 0 Å². The number of hydrazine groups is 2. The summed E-state index contributed by atoms with van der Waals surface area (Å²) in [5.41, 5.74) is 9.94. The number of carbonyl (C=O) groups excluding carboxylic acids is 2. The highest BCUT2D eigenvalue weighted by molar-refractivity contribution is 5.71. The highest BCUT2D eigenvalue weighted by atomic mass is 16.5. The summed E-state index contributed by atoms with van der Waals surface area (Å²) >= 11 is 0. The maximum absolute atomic E-state index is 10.6. The van der Waals surface area contributed by atoms with Crippen molar-refractivity contribution >= 4 is 12.1 Å². The summed E-state index contributed by atoms with van der Waals surface area (Å²) in [6, 6.07) is -1.34. The first-order valence-corrected chi connectivity index (χ1v) is 6.67. The number of rotatable bonds is 11. The van der Waals surface area contributed by atoms with Crippen molar-refractivity contribution in [1.29, 1.82) is 0 Å². The van der Waals surface area contributed by atoms with Gasteiger partial charge in [-0.15, -0.1) is 0 Å². The standard InChI is InChI=1S/C11H26N6O4/c1-9(21-7-3-5-17(15)11(13)19)8-20-6-2-4-16(14)10(12)18/h9H,2-8,14-15H2,1H3,(H2,12,18)(H2,13,19). The molecule has 0 aromatic carbocycles. The molecule has 0 saturated carbocycles. The zero-order valence-electron chi connectivity index (χ0n) is 12.4. The number of amides is 4. The van der Waals surface area contributed by atoms with Gasteiger partial charge in [0.2, 0.25) is 0 Å². The fourth-order valence-electron chi connectivity index (χ4n) is 1.37. The van der Waals surface area contributed by atoms with Crippen LogP contribution in [0.1, 0.15) is 19.8 Å². The molecule has 0 rings (SSSR count). The number of ether oxygens (including phenoxy) is 2. The molecule has 8 N–H and O–H groups in total. The van der Waals surface area contributed by atoms with Crippen molar-refractivity contribution in [1.82, 2.24) is 10.0 Å². The van der Waals surface area contributed by atoms with Crippen LogP contribution in [0.25, 0.3) is 0 Å². The van der Waals surface area contributed by atoms with Gasteiger partial charge in [0.15, 0.2) is 0 Å². The minimum absolute atomic E-state index is 0.0880. The summed E-state index contributed by atoms with van der Waals surface area (Å²) in [6.45, 7) is 3.86. The topological polar surface area (TPSA) is 163 Å². The smallest absolute Gasteiger partial charge is 0.328 e. The number of nitrogens with two attached hydrogens (primary N) is 4. The SMILES string of the molecule is CC(COCCCN(N)C(N)=O)OCCCN(N)C(N)=O. The van der Waals surface area contributed by atoms with E-state index in [0.29, 0.717) is 45.8 Å². The van der Waals surface area contributed by atoms with Crippen molar-refractivity contribution in [3.05, 3.63) is 0 Å². The molecule has 0 radical (unpaired) electrons. The van der Waals surface area contributed by atoms with Crippen molar-refractivity contribution < 1.29 is 19.1 Å². The molecule has 0 fully saturated rings. The van der Waals surface area contributed by atoms with Crippen molar-refractivity contribution in [3.63, 3.8) is 0 Å². The van der Waals surface area contributed by atoms with E-state index in [0.717, 1.165) is 10.0 Å². The van der Waals surface area contributed by atoms with Crippen molar-refractivity contribution in [2.75, 3.05) is 32.9 Å². The predicted molar refractivity (Wildman–Crippen MR) is 76.4 cm³/mol. The number of hydrogen-bond acceptors (Lipinski definition) is 6. The third kappa shape index (κ3) is 10.8. The summed E-state index contributed by atoms with van der Waals surface area (Å²) in [6.07, 6.45) is 1.09. The Balaban J connectivity index is 3.44. The Labute approximate surface area is 124 Å². The second-order valence-corrected chi connectivity index (χ2v) is 4.53. The van der Waals surface area contributed by atoms with E-state index in [1.165, 1.54) is 0 Å². The number of nitrogens with zero attached hydrogens (tertiary/aromatic N) is 2. The lowest BCUT2D eigenvalue weighted by atomic mass is 10.4. The quantitative estimate of drug-likeness (QED) is 0.160. The highest BCUT2D eigenvalue weighted by Crippen LogP contribution is 1.96. The molecule has 0 spiro atoms. The van der Waals surface area contributed by atoms with E-state index in [-0.39, 0.29) is 6.10 Å². The van der Waals surface area contributed by atoms with Crippen LogP contribution in [0.4, 0.5) is 9.59 Å². The Morgan fingerprint density at radius 3 is 1.95 bits per heavy atom. The second kappa shape index (κ2) is 11.1. The van der Waals surface area contributed by atoms with Gasteiger partial charge in [0, 0.05) is 26.3 Å². The van der Waals surface area contributed by atoms with Crippen LogP contribution < -0.4 is 23.2 Å². The largest absolute Gasteiger partial charge is 0.379 e. The molecular weight excluding hydrogens is 280 g/mol. The van der Waals surface area contributed by atoms with Gasteiger partial charge in [-0.3, -0.25) is 10.0 Å². The highest BCUT2D eigenvalue weighted by Gasteiger charge is 2.06. The molecule has 0 bridgehead atoms. The van der Waals surface area contributed by atoms with Crippen molar-refractivity contribution in [2.45, 2.75) is 25.9 Å². The number of urea groups is 2. The zero-order valence-corrected chi connectivity index (χ0v) is 12.4. The maximum atomic E-state index is 10.6.